The lowest BCUT2D eigenvalue weighted by Crippen LogP contribution is -2.53. The molecule has 1 aliphatic carbocycles. The first kappa shape index (κ1) is 31.3. The van der Waals surface area contributed by atoms with Crippen LogP contribution in [0.1, 0.15) is 75.7 Å². The molecular weight excluding hydrogens is 570 g/mol. The van der Waals surface area contributed by atoms with Gasteiger partial charge in [-0.05, 0) is 61.1 Å². The Hall–Kier alpha value is -4.64. The quantitative estimate of drug-likeness (QED) is 0.189. The Balaban J connectivity index is 1.15. The highest BCUT2D eigenvalue weighted by Gasteiger charge is 2.36. The summed E-state index contributed by atoms with van der Waals surface area (Å²) < 4.78 is 0. The third-order valence-corrected chi connectivity index (χ3v) is 9.25. The maximum Gasteiger partial charge on any atom is 0.228 e. The van der Waals surface area contributed by atoms with E-state index in [4.69, 9.17) is 16.4 Å². The van der Waals surface area contributed by atoms with Gasteiger partial charge < -0.3 is 4.90 Å². The number of hydrogen-bond acceptors (Lipinski definition) is 7. The van der Waals surface area contributed by atoms with Crippen LogP contribution in [0.2, 0.25) is 0 Å². The largest absolute Gasteiger partial charge is 0.354 e. The summed E-state index contributed by atoms with van der Waals surface area (Å²) in [5.41, 5.74) is 4.05. The van der Waals surface area contributed by atoms with Crippen molar-refractivity contribution < 1.29 is 4.79 Å². The molecule has 0 radical (unpaired) electrons. The number of carbonyl (C=O) groups excluding carboxylic acids is 1. The zero-order valence-corrected chi connectivity index (χ0v) is 27.2. The van der Waals surface area contributed by atoms with Gasteiger partial charge in [-0.15, -0.1) is 6.42 Å². The smallest absolute Gasteiger partial charge is 0.228 e. The van der Waals surface area contributed by atoms with Gasteiger partial charge in [-0.25, -0.2) is 24.9 Å². The summed E-state index contributed by atoms with van der Waals surface area (Å²) in [5.74, 6) is 6.59. The van der Waals surface area contributed by atoms with E-state index in [1.807, 2.05) is 60.7 Å². The Morgan fingerprint density at radius 3 is 2.24 bits per heavy atom. The van der Waals surface area contributed by atoms with Gasteiger partial charge in [0.1, 0.15) is 23.3 Å². The number of aromatic nitrogens is 5. The fourth-order valence-corrected chi connectivity index (χ4v) is 6.77. The molecule has 1 aliphatic heterocycles. The average Bonchev–Trinajstić information content (AvgIpc) is 3.08. The Morgan fingerprint density at radius 1 is 0.913 bits per heavy atom. The van der Waals surface area contributed by atoms with Crippen molar-refractivity contribution in [2.75, 3.05) is 22.9 Å². The van der Waals surface area contributed by atoms with Gasteiger partial charge in [0, 0.05) is 74.3 Å². The van der Waals surface area contributed by atoms with Crippen molar-refractivity contribution in [1.82, 2.24) is 24.9 Å². The number of amides is 1. The molecule has 4 heterocycles. The molecule has 1 saturated carbocycles. The molecule has 4 aromatic rings. The maximum atomic E-state index is 13.9. The SMILES string of the molecule is C#Cc1cnc(CC2CCC(N(C(=O)CCc3ccccc3)c3ccc(-c4cnc(CC)nc4)cn3)CC2)nc1N1CC(C)(C)C1. The van der Waals surface area contributed by atoms with Crippen molar-refractivity contribution in [1.29, 1.82) is 0 Å². The summed E-state index contributed by atoms with van der Waals surface area (Å²) in [6, 6.07) is 14.3. The van der Waals surface area contributed by atoms with Gasteiger partial charge in [0.05, 0.1) is 5.56 Å². The van der Waals surface area contributed by atoms with Crippen LogP contribution >= 0.6 is 0 Å². The molecule has 2 fully saturated rings. The van der Waals surface area contributed by atoms with Crippen LogP contribution in [0.25, 0.3) is 11.1 Å². The third-order valence-electron chi connectivity index (χ3n) is 9.25. The third kappa shape index (κ3) is 7.25. The van der Waals surface area contributed by atoms with E-state index >= 15 is 0 Å². The van der Waals surface area contributed by atoms with E-state index in [0.29, 0.717) is 24.6 Å². The highest BCUT2D eigenvalue weighted by atomic mass is 16.2. The summed E-state index contributed by atoms with van der Waals surface area (Å²) in [6.45, 7) is 8.47. The fourth-order valence-electron chi connectivity index (χ4n) is 6.77. The lowest BCUT2D eigenvalue weighted by atomic mass is 9.83. The molecule has 46 heavy (non-hydrogen) atoms. The van der Waals surface area contributed by atoms with Crippen LogP contribution in [0.4, 0.5) is 11.6 Å². The Morgan fingerprint density at radius 2 is 1.61 bits per heavy atom. The predicted octanol–water partition coefficient (Wildman–Crippen LogP) is 6.49. The van der Waals surface area contributed by atoms with Crippen molar-refractivity contribution in [3.8, 4) is 23.5 Å². The average molecular weight is 614 g/mol. The molecule has 0 bridgehead atoms. The van der Waals surface area contributed by atoms with Crippen molar-refractivity contribution in [3.05, 3.63) is 90.0 Å². The molecule has 8 heteroatoms. The van der Waals surface area contributed by atoms with Crippen LogP contribution in [0.15, 0.2) is 67.3 Å². The molecule has 0 N–H and O–H groups in total. The van der Waals surface area contributed by atoms with Crippen molar-refractivity contribution in [2.24, 2.45) is 11.3 Å². The van der Waals surface area contributed by atoms with Crippen LogP contribution in [-0.2, 0) is 24.1 Å². The summed E-state index contributed by atoms with van der Waals surface area (Å²) >= 11 is 0. The Labute approximate surface area is 272 Å². The van der Waals surface area contributed by atoms with Crippen LogP contribution in [-0.4, -0.2) is 50.0 Å². The van der Waals surface area contributed by atoms with Crippen LogP contribution in [0, 0.1) is 23.7 Å². The predicted molar refractivity (Wildman–Crippen MR) is 182 cm³/mol. The fraction of sp³-hybridized carbons (Fsp3) is 0.421. The number of anilines is 2. The molecular formula is C38H43N7O. The second kappa shape index (κ2) is 13.8. The number of benzene rings is 1. The minimum absolute atomic E-state index is 0.0914. The first-order valence-corrected chi connectivity index (χ1v) is 16.5. The maximum absolute atomic E-state index is 13.9. The molecule has 6 rings (SSSR count). The molecule has 236 valence electrons. The first-order valence-electron chi connectivity index (χ1n) is 16.5. The van der Waals surface area contributed by atoms with Gasteiger partial charge in [0.15, 0.2) is 0 Å². The lowest BCUT2D eigenvalue weighted by Gasteiger charge is -2.46. The van der Waals surface area contributed by atoms with E-state index in [1.165, 1.54) is 0 Å². The second-order valence-electron chi connectivity index (χ2n) is 13.5. The molecule has 0 unspecified atom stereocenters. The van der Waals surface area contributed by atoms with Crippen molar-refractivity contribution >= 4 is 17.5 Å². The van der Waals surface area contributed by atoms with Gasteiger partial charge in [0.2, 0.25) is 5.91 Å². The highest BCUT2D eigenvalue weighted by Crippen LogP contribution is 2.36. The van der Waals surface area contributed by atoms with Gasteiger partial charge in [-0.3, -0.25) is 9.69 Å². The summed E-state index contributed by atoms with van der Waals surface area (Å²) in [7, 11) is 0. The van der Waals surface area contributed by atoms with Crippen LogP contribution in [0.3, 0.4) is 0 Å². The molecule has 0 atom stereocenters. The number of nitrogens with zero attached hydrogens (tertiary/aromatic N) is 7. The van der Waals surface area contributed by atoms with Gasteiger partial charge in [-0.1, -0.05) is 57.0 Å². The topological polar surface area (TPSA) is 88.0 Å². The number of aryl methyl sites for hydroxylation is 2. The minimum atomic E-state index is 0.0914. The van der Waals surface area contributed by atoms with E-state index in [9.17, 15) is 4.79 Å². The standard InChI is InChI=1S/C38H43N7O/c1-5-29-21-41-34(43-37(29)44-25-38(3,4)26-44)20-28-12-16-32(17-13-28)45(36(46)19-14-27-10-8-7-9-11-27)35-18-15-30(22-42-35)31-23-39-33(6-2)40-24-31/h1,7-11,15,18,21-24,28,32H,6,12-14,16-17,19-20,25-26H2,2-4H3. The van der Waals surface area contributed by atoms with E-state index in [-0.39, 0.29) is 17.4 Å². The number of carbonyl (C=O) groups is 1. The zero-order chi connectivity index (χ0) is 32.1. The molecule has 1 saturated heterocycles. The molecule has 1 aromatic carbocycles. The molecule has 3 aromatic heterocycles. The monoisotopic (exact) mass is 613 g/mol. The van der Waals surface area contributed by atoms with E-state index < -0.39 is 0 Å². The minimum Gasteiger partial charge on any atom is -0.354 e. The number of rotatable bonds is 10. The van der Waals surface area contributed by atoms with Crippen molar-refractivity contribution in [2.45, 2.75) is 78.2 Å². The van der Waals surface area contributed by atoms with E-state index in [1.54, 1.807) is 6.20 Å². The molecule has 0 spiro atoms. The van der Waals surface area contributed by atoms with Gasteiger partial charge in [-0.2, -0.15) is 0 Å². The zero-order valence-electron chi connectivity index (χ0n) is 27.2. The summed E-state index contributed by atoms with van der Waals surface area (Å²) in [6.07, 6.45) is 19.7. The van der Waals surface area contributed by atoms with Crippen LogP contribution in [0.5, 0.6) is 0 Å². The normalized spacial score (nSPS) is 18.8. The first-order chi connectivity index (χ1) is 22.3. The number of terminal acetylenes is 1. The summed E-state index contributed by atoms with van der Waals surface area (Å²) in [4.78, 5) is 41.4. The van der Waals surface area contributed by atoms with Crippen LogP contribution < -0.4 is 9.80 Å². The van der Waals surface area contributed by atoms with E-state index in [2.05, 4.69) is 51.8 Å². The molecule has 2 aliphatic rings. The highest BCUT2D eigenvalue weighted by molar-refractivity contribution is 5.93. The molecule has 1 amide bonds. The summed E-state index contributed by atoms with van der Waals surface area (Å²) in [5, 5.41) is 0. The Kier molecular flexibility index (Phi) is 9.39. The lowest BCUT2D eigenvalue weighted by molar-refractivity contribution is -0.119. The number of pyridine rings is 1. The second-order valence-corrected chi connectivity index (χ2v) is 13.5. The van der Waals surface area contributed by atoms with Crippen molar-refractivity contribution in [3.63, 3.8) is 0 Å². The Bertz CT molecular complexity index is 1660. The van der Waals surface area contributed by atoms with Gasteiger partial charge in [0.25, 0.3) is 0 Å². The van der Waals surface area contributed by atoms with E-state index in [0.717, 1.165) is 91.3 Å². The number of hydrogen-bond donors (Lipinski definition) is 0. The van der Waals surface area contributed by atoms with Gasteiger partial charge >= 0.3 is 0 Å². The molecule has 8 nitrogen and oxygen atoms in total.